The standard InChI is InChI=1S/C21H22ClN3O3S/c1-14(19(26)24(2)16-7-5-4-6-8-16)29-21-23-18-13-15(22)9-10-17(18)20(27)25(21)11-12-28-3/h4-10,13-14H,11-12H2,1-3H3/t14-/m1/s1. The van der Waals surface area contributed by atoms with Gasteiger partial charge in [0.2, 0.25) is 5.91 Å². The smallest absolute Gasteiger partial charge is 0.262 e. The van der Waals surface area contributed by atoms with Crippen molar-refractivity contribution in [3.8, 4) is 0 Å². The number of methoxy groups -OCH3 is 1. The number of nitrogens with zero attached hydrogens (tertiary/aromatic N) is 3. The first-order valence-corrected chi connectivity index (χ1v) is 10.4. The molecule has 0 saturated heterocycles. The van der Waals surface area contributed by atoms with Crippen molar-refractivity contribution in [1.29, 1.82) is 0 Å². The van der Waals surface area contributed by atoms with E-state index in [4.69, 9.17) is 16.3 Å². The van der Waals surface area contributed by atoms with Gasteiger partial charge in [-0.2, -0.15) is 0 Å². The van der Waals surface area contributed by atoms with E-state index in [9.17, 15) is 9.59 Å². The molecule has 152 valence electrons. The Morgan fingerprint density at radius 3 is 2.69 bits per heavy atom. The lowest BCUT2D eigenvalue weighted by atomic mass is 10.2. The topological polar surface area (TPSA) is 64.4 Å². The Balaban J connectivity index is 1.94. The van der Waals surface area contributed by atoms with Gasteiger partial charge in [-0.05, 0) is 37.3 Å². The molecule has 0 aliphatic carbocycles. The van der Waals surface area contributed by atoms with Crippen LogP contribution in [-0.2, 0) is 16.1 Å². The molecule has 8 heteroatoms. The zero-order chi connectivity index (χ0) is 21.0. The number of amides is 1. The van der Waals surface area contributed by atoms with Crippen molar-refractivity contribution in [2.45, 2.75) is 23.9 Å². The number of carbonyl (C=O) groups is 1. The van der Waals surface area contributed by atoms with Gasteiger partial charge in [0.25, 0.3) is 5.56 Å². The summed E-state index contributed by atoms with van der Waals surface area (Å²) >= 11 is 7.32. The number of para-hydroxylation sites is 1. The Morgan fingerprint density at radius 2 is 2.00 bits per heavy atom. The summed E-state index contributed by atoms with van der Waals surface area (Å²) in [5.41, 5.74) is 1.14. The highest BCUT2D eigenvalue weighted by Crippen LogP contribution is 2.26. The molecule has 1 heterocycles. The van der Waals surface area contributed by atoms with Gasteiger partial charge in [-0.15, -0.1) is 0 Å². The third-order valence-corrected chi connectivity index (χ3v) is 5.82. The first-order chi connectivity index (χ1) is 13.9. The van der Waals surface area contributed by atoms with Crippen molar-refractivity contribution in [3.05, 3.63) is 63.9 Å². The van der Waals surface area contributed by atoms with Gasteiger partial charge in [-0.1, -0.05) is 41.6 Å². The zero-order valence-corrected chi connectivity index (χ0v) is 18.0. The molecule has 0 saturated carbocycles. The zero-order valence-electron chi connectivity index (χ0n) is 16.5. The minimum Gasteiger partial charge on any atom is -0.383 e. The molecule has 1 amide bonds. The van der Waals surface area contributed by atoms with E-state index < -0.39 is 5.25 Å². The van der Waals surface area contributed by atoms with Crippen molar-refractivity contribution in [2.24, 2.45) is 0 Å². The molecule has 3 aromatic rings. The molecule has 6 nitrogen and oxygen atoms in total. The fourth-order valence-corrected chi connectivity index (χ4v) is 4.10. The number of aromatic nitrogens is 2. The SMILES string of the molecule is COCCn1c(S[C@H](C)C(=O)N(C)c2ccccc2)nc2cc(Cl)ccc2c1=O. The van der Waals surface area contributed by atoms with Crippen molar-refractivity contribution < 1.29 is 9.53 Å². The molecule has 0 N–H and O–H groups in total. The fraction of sp³-hybridized carbons (Fsp3) is 0.286. The summed E-state index contributed by atoms with van der Waals surface area (Å²) in [6.45, 7) is 2.51. The number of anilines is 1. The first-order valence-electron chi connectivity index (χ1n) is 9.10. The van der Waals surface area contributed by atoms with E-state index in [1.54, 1.807) is 48.7 Å². The van der Waals surface area contributed by atoms with Gasteiger partial charge in [-0.25, -0.2) is 4.98 Å². The van der Waals surface area contributed by atoms with Crippen LogP contribution in [0, 0.1) is 0 Å². The molecule has 0 unspecified atom stereocenters. The van der Waals surface area contributed by atoms with Gasteiger partial charge in [0.15, 0.2) is 5.16 Å². The number of benzene rings is 2. The maximum atomic E-state index is 13.0. The Labute approximate surface area is 178 Å². The quantitative estimate of drug-likeness (QED) is 0.420. The van der Waals surface area contributed by atoms with Crippen LogP contribution in [0.5, 0.6) is 0 Å². The van der Waals surface area contributed by atoms with E-state index in [1.807, 2.05) is 30.3 Å². The molecular weight excluding hydrogens is 410 g/mol. The first kappa shape index (κ1) is 21.4. The Kier molecular flexibility index (Phi) is 6.95. The van der Waals surface area contributed by atoms with E-state index in [0.29, 0.717) is 34.2 Å². The maximum Gasteiger partial charge on any atom is 0.262 e. The van der Waals surface area contributed by atoms with E-state index in [2.05, 4.69) is 4.98 Å². The second-order valence-electron chi connectivity index (χ2n) is 6.50. The van der Waals surface area contributed by atoms with Crippen LogP contribution in [0.4, 0.5) is 5.69 Å². The van der Waals surface area contributed by atoms with Gasteiger partial charge in [-0.3, -0.25) is 14.2 Å². The molecule has 0 fully saturated rings. The molecule has 1 atom stereocenters. The van der Waals surface area contributed by atoms with Gasteiger partial charge in [0.1, 0.15) is 0 Å². The van der Waals surface area contributed by atoms with Crippen LogP contribution in [-0.4, -0.2) is 41.5 Å². The number of ether oxygens (including phenoxy) is 1. The van der Waals surface area contributed by atoms with Crippen molar-refractivity contribution in [1.82, 2.24) is 9.55 Å². The number of rotatable bonds is 7. The number of hydrogen-bond acceptors (Lipinski definition) is 5. The molecule has 0 aliphatic heterocycles. The van der Waals surface area contributed by atoms with Crippen LogP contribution < -0.4 is 10.5 Å². The van der Waals surface area contributed by atoms with Crippen LogP contribution in [0.1, 0.15) is 6.92 Å². The highest BCUT2D eigenvalue weighted by Gasteiger charge is 2.23. The highest BCUT2D eigenvalue weighted by atomic mass is 35.5. The number of thioether (sulfide) groups is 1. The predicted molar refractivity (Wildman–Crippen MR) is 118 cm³/mol. The maximum absolute atomic E-state index is 13.0. The number of fused-ring (bicyclic) bond motifs is 1. The molecule has 0 radical (unpaired) electrons. The van der Waals surface area contributed by atoms with Gasteiger partial charge in [0, 0.05) is 24.9 Å². The van der Waals surface area contributed by atoms with E-state index in [0.717, 1.165) is 5.69 Å². The molecule has 1 aromatic heterocycles. The lowest BCUT2D eigenvalue weighted by Gasteiger charge is -2.22. The van der Waals surface area contributed by atoms with Gasteiger partial charge in [0.05, 0.1) is 29.3 Å². The average Bonchev–Trinajstić information content (AvgIpc) is 2.72. The molecule has 0 aliphatic rings. The Morgan fingerprint density at radius 1 is 1.28 bits per heavy atom. The lowest BCUT2D eigenvalue weighted by Crippen LogP contribution is -2.34. The van der Waals surface area contributed by atoms with Crippen LogP contribution in [0.25, 0.3) is 10.9 Å². The Hall–Kier alpha value is -2.35. The Bertz CT molecular complexity index is 1070. The summed E-state index contributed by atoms with van der Waals surface area (Å²) in [5.74, 6) is -0.0834. The van der Waals surface area contributed by atoms with Gasteiger partial charge < -0.3 is 9.64 Å². The van der Waals surface area contributed by atoms with Crippen LogP contribution in [0.3, 0.4) is 0 Å². The second-order valence-corrected chi connectivity index (χ2v) is 8.24. The summed E-state index contributed by atoms with van der Waals surface area (Å²) < 4.78 is 6.69. The highest BCUT2D eigenvalue weighted by molar-refractivity contribution is 8.00. The third kappa shape index (κ3) is 4.80. The molecule has 3 rings (SSSR count). The summed E-state index contributed by atoms with van der Waals surface area (Å²) in [5, 5.41) is 1.000. The molecular formula is C21H22ClN3O3S. The van der Waals surface area contributed by atoms with Crippen molar-refractivity contribution in [2.75, 3.05) is 25.7 Å². The third-order valence-electron chi connectivity index (χ3n) is 4.51. The molecule has 2 aromatic carbocycles. The van der Waals surface area contributed by atoms with Crippen molar-refractivity contribution >= 4 is 45.9 Å². The lowest BCUT2D eigenvalue weighted by molar-refractivity contribution is -0.117. The average molecular weight is 432 g/mol. The number of carbonyl (C=O) groups excluding carboxylic acids is 1. The monoisotopic (exact) mass is 431 g/mol. The number of hydrogen-bond donors (Lipinski definition) is 0. The minimum absolute atomic E-state index is 0.0834. The predicted octanol–water partition coefficient (Wildman–Crippen LogP) is 3.84. The van der Waals surface area contributed by atoms with Crippen LogP contribution in [0.2, 0.25) is 5.02 Å². The van der Waals surface area contributed by atoms with Crippen molar-refractivity contribution in [3.63, 3.8) is 0 Å². The molecule has 0 spiro atoms. The summed E-state index contributed by atoms with van der Waals surface area (Å²) in [6.07, 6.45) is 0. The van der Waals surface area contributed by atoms with Crippen LogP contribution >= 0.6 is 23.4 Å². The van der Waals surface area contributed by atoms with Gasteiger partial charge >= 0.3 is 0 Å². The fourth-order valence-electron chi connectivity index (χ4n) is 2.90. The second kappa shape index (κ2) is 9.43. The van der Waals surface area contributed by atoms with E-state index in [1.165, 1.54) is 11.8 Å². The summed E-state index contributed by atoms with van der Waals surface area (Å²) in [4.78, 5) is 32.1. The van der Waals surface area contributed by atoms with Crippen LogP contribution in [0.15, 0.2) is 58.5 Å². The molecule has 29 heavy (non-hydrogen) atoms. The molecule has 0 bridgehead atoms. The minimum atomic E-state index is -0.447. The van der Waals surface area contributed by atoms with E-state index in [-0.39, 0.29) is 11.5 Å². The number of halogens is 1. The van der Waals surface area contributed by atoms with E-state index >= 15 is 0 Å². The summed E-state index contributed by atoms with van der Waals surface area (Å²) in [7, 11) is 3.31. The summed E-state index contributed by atoms with van der Waals surface area (Å²) in [6, 6.07) is 14.4. The largest absolute Gasteiger partial charge is 0.383 e. The normalized spacial score (nSPS) is 12.1.